The van der Waals surface area contributed by atoms with Gasteiger partial charge in [0.25, 0.3) is 0 Å². The Morgan fingerprint density at radius 3 is 2.37 bits per heavy atom. The zero-order valence-electron chi connectivity index (χ0n) is 24.6. The highest BCUT2D eigenvalue weighted by molar-refractivity contribution is 5.68. The van der Waals surface area contributed by atoms with E-state index in [0.29, 0.717) is 66.1 Å². The summed E-state index contributed by atoms with van der Waals surface area (Å²) in [6, 6.07) is 5.85. The Balaban J connectivity index is 1.33. The average molecular weight is 567 g/mol. The van der Waals surface area contributed by atoms with Crippen LogP contribution < -0.4 is 25.4 Å². The van der Waals surface area contributed by atoms with Crippen LogP contribution in [0.15, 0.2) is 18.3 Å². The Kier molecular flexibility index (Phi) is 9.63. The second-order valence-corrected chi connectivity index (χ2v) is 11.9. The van der Waals surface area contributed by atoms with Crippen LogP contribution >= 0.6 is 0 Å². The molecule has 2 saturated carbocycles. The molecule has 0 saturated heterocycles. The molecule has 1 unspecified atom stereocenters. The fraction of sp³-hybridized carbons (Fsp3) is 0.600. The highest BCUT2D eigenvalue weighted by atomic mass is 16.6. The number of amides is 1. The maximum absolute atomic E-state index is 12.5. The second kappa shape index (κ2) is 13.1. The lowest BCUT2D eigenvalue weighted by molar-refractivity contribution is 0.0324. The molecule has 2 aliphatic rings. The molecule has 2 aliphatic carbocycles. The summed E-state index contributed by atoms with van der Waals surface area (Å²) in [5, 5.41) is 29.6. The number of phenolic OH excluding ortho intramolecular Hbond substituents is 1. The number of fused-ring (bicyclic) bond motifs is 2. The van der Waals surface area contributed by atoms with Gasteiger partial charge in [0, 0.05) is 19.1 Å². The van der Waals surface area contributed by atoms with E-state index in [2.05, 4.69) is 32.0 Å². The molecule has 1 heterocycles. The van der Waals surface area contributed by atoms with Crippen molar-refractivity contribution in [1.82, 2.24) is 15.3 Å². The number of alkyl carbamates (subject to hydrolysis) is 1. The van der Waals surface area contributed by atoms with Gasteiger partial charge in [0.1, 0.15) is 23.1 Å². The summed E-state index contributed by atoms with van der Waals surface area (Å²) in [5.41, 5.74) is 0.790. The summed E-state index contributed by atoms with van der Waals surface area (Å²) >= 11 is 0. The third-order valence-electron chi connectivity index (χ3n) is 7.82. The smallest absolute Gasteiger partial charge is 0.407 e. The van der Waals surface area contributed by atoms with Crippen molar-refractivity contribution in [1.29, 1.82) is 5.26 Å². The number of phenols is 1. The summed E-state index contributed by atoms with van der Waals surface area (Å²) < 4.78 is 16.0. The van der Waals surface area contributed by atoms with E-state index in [1.165, 1.54) is 26.8 Å². The monoisotopic (exact) mass is 566 g/mol. The Bertz CT molecular complexity index is 1220. The molecule has 222 valence electrons. The molecule has 2 fully saturated rings. The molecule has 4 atom stereocenters. The van der Waals surface area contributed by atoms with Crippen molar-refractivity contribution in [3.8, 4) is 23.3 Å². The fourth-order valence-corrected chi connectivity index (χ4v) is 6.05. The van der Waals surface area contributed by atoms with E-state index in [1.54, 1.807) is 12.1 Å². The standard InChI is InChI=1S/C30H42N6O5/c1-30(2,3)41-29(38)35-25-20-7-6-8-21(25)12-19(11-20)16-33-27-22(15-31)17-34-28(36-27)32-10-9-18-13-23(39-4)26(37)24(14-18)40-5/h13-14,17,19-21,25,37H,6-12,16H2,1-5H3,(H,35,38)(H2,32,33,34,36)/t19?,20-,21+,25-. The number of carbonyl (C=O) groups is 1. The normalized spacial score (nSPS) is 21.8. The van der Waals surface area contributed by atoms with Crippen LogP contribution in [0.3, 0.4) is 0 Å². The maximum atomic E-state index is 12.5. The Morgan fingerprint density at radius 1 is 1.12 bits per heavy atom. The number of nitrogens with zero attached hydrogens (tertiary/aromatic N) is 3. The number of methoxy groups -OCH3 is 2. The lowest BCUT2D eigenvalue weighted by Gasteiger charge is -2.46. The van der Waals surface area contributed by atoms with Crippen LogP contribution in [0.2, 0.25) is 0 Å². The van der Waals surface area contributed by atoms with Crippen LogP contribution in [-0.4, -0.2) is 60.1 Å². The van der Waals surface area contributed by atoms with Crippen LogP contribution in [0.1, 0.15) is 64.0 Å². The third-order valence-corrected chi connectivity index (χ3v) is 7.82. The van der Waals surface area contributed by atoms with Crippen LogP contribution in [0.5, 0.6) is 17.2 Å². The molecular formula is C30H42N6O5. The second-order valence-electron chi connectivity index (χ2n) is 11.9. The molecule has 2 bridgehead atoms. The van der Waals surface area contributed by atoms with E-state index in [-0.39, 0.29) is 17.9 Å². The number of aromatic nitrogens is 2. The van der Waals surface area contributed by atoms with Gasteiger partial charge in [-0.1, -0.05) is 6.42 Å². The molecule has 11 heteroatoms. The predicted molar refractivity (Wildman–Crippen MR) is 155 cm³/mol. The van der Waals surface area contributed by atoms with E-state index < -0.39 is 5.60 Å². The number of ether oxygens (including phenoxy) is 3. The molecule has 2 aromatic rings. The summed E-state index contributed by atoms with van der Waals surface area (Å²) in [4.78, 5) is 21.3. The number of anilines is 2. The van der Waals surface area contributed by atoms with Crippen LogP contribution in [-0.2, 0) is 11.2 Å². The van der Waals surface area contributed by atoms with Gasteiger partial charge >= 0.3 is 6.09 Å². The number of carbonyl (C=O) groups excluding carboxylic acids is 1. The topological polar surface area (TPSA) is 151 Å². The predicted octanol–water partition coefficient (Wildman–Crippen LogP) is 4.86. The Morgan fingerprint density at radius 2 is 1.78 bits per heavy atom. The number of benzene rings is 1. The van der Waals surface area contributed by atoms with Gasteiger partial charge in [-0.2, -0.15) is 10.2 Å². The van der Waals surface area contributed by atoms with Crippen molar-refractivity contribution in [3.05, 3.63) is 29.5 Å². The molecule has 4 rings (SSSR count). The minimum Gasteiger partial charge on any atom is -0.502 e. The van der Waals surface area contributed by atoms with E-state index in [1.807, 2.05) is 20.8 Å². The molecule has 1 aromatic heterocycles. The van der Waals surface area contributed by atoms with E-state index >= 15 is 0 Å². The minimum atomic E-state index is -0.517. The third kappa shape index (κ3) is 7.84. The highest BCUT2D eigenvalue weighted by Gasteiger charge is 2.41. The molecule has 11 nitrogen and oxygen atoms in total. The summed E-state index contributed by atoms with van der Waals surface area (Å²) in [6.45, 7) is 6.86. The zero-order valence-corrected chi connectivity index (χ0v) is 24.6. The van der Waals surface area contributed by atoms with Gasteiger partial charge < -0.3 is 35.3 Å². The van der Waals surface area contributed by atoms with Crippen molar-refractivity contribution in [2.45, 2.75) is 70.9 Å². The van der Waals surface area contributed by atoms with Gasteiger partial charge in [-0.3, -0.25) is 0 Å². The van der Waals surface area contributed by atoms with Crippen molar-refractivity contribution in [2.24, 2.45) is 17.8 Å². The van der Waals surface area contributed by atoms with Crippen molar-refractivity contribution < 1.29 is 24.1 Å². The first-order valence-corrected chi connectivity index (χ1v) is 14.3. The number of nitriles is 1. The molecule has 41 heavy (non-hydrogen) atoms. The van der Waals surface area contributed by atoms with Gasteiger partial charge in [0.15, 0.2) is 11.5 Å². The highest BCUT2D eigenvalue weighted by Crippen LogP contribution is 2.43. The molecule has 1 amide bonds. The zero-order chi connectivity index (χ0) is 29.6. The van der Waals surface area contributed by atoms with E-state index in [4.69, 9.17) is 14.2 Å². The lowest BCUT2D eigenvalue weighted by atomic mass is 9.64. The van der Waals surface area contributed by atoms with E-state index in [9.17, 15) is 15.2 Å². The van der Waals surface area contributed by atoms with E-state index in [0.717, 1.165) is 31.2 Å². The quantitative estimate of drug-likeness (QED) is 0.314. The number of rotatable bonds is 10. The molecular weight excluding hydrogens is 524 g/mol. The summed E-state index contributed by atoms with van der Waals surface area (Å²) in [7, 11) is 2.99. The number of aromatic hydroxyl groups is 1. The molecule has 1 aromatic carbocycles. The van der Waals surface area contributed by atoms with Crippen molar-refractivity contribution in [2.75, 3.05) is 37.9 Å². The summed E-state index contributed by atoms with van der Waals surface area (Å²) in [6.07, 6.45) is 7.19. The van der Waals surface area contributed by atoms with Crippen LogP contribution in [0.25, 0.3) is 0 Å². The first kappa shape index (κ1) is 30.0. The first-order chi connectivity index (χ1) is 19.6. The molecule has 0 aliphatic heterocycles. The van der Waals surface area contributed by atoms with Gasteiger partial charge in [0.2, 0.25) is 11.7 Å². The molecule has 0 spiro atoms. The number of nitrogens with one attached hydrogen (secondary N) is 3. The van der Waals surface area contributed by atoms with Crippen LogP contribution in [0.4, 0.5) is 16.6 Å². The number of hydrogen-bond donors (Lipinski definition) is 4. The largest absolute Gasteiger partial charge is 0.502 e. The van der Waals surface area contributed by atoms with Gasteiger partial charge in [-0.25, -0.2) is 9.78 Å². The molecule has 0 radical (unpaired) electrons. The lowest BCUT2D eigenvalue weighted by Crippen LogP contribution is -2.52. The van der Waals surface area contributed by atoms with Crippen LogP contribution in [0, 0.1) is 29.1 Å². The number of hydrogen-bond acceptors (Lipinski definition) is 10. The van der Waals surface area contributed by atoms with Crippen molar-refractivity contribution >= 4 is 17.9 Å². The average Bonchev–Trinajstić information content (AvgIpc) is 2.91. The SMILES string of the molecule is COc1cc(CCNc2ncc(C#N)c(NCC3C[C@H]4CCC[C@@H](C3)[C@@H]4NC(=O)OC(C)(C)C)n2)cc(OC)c1O. The molecule has 4 N–H and O–H groups in total. The van der Waals surface area contributed by atoms with Gasteiger partial charge in [-0.05, 0) is 88.3 Å². The summed E-state index contributed by atoms with van der Waals surface area (Å²) in [5.74, 6) is 2.84. The maximum Gasteiger partial charge on any atom is 0.407 e. The van der Waals surface area contributed by atoms with Crippen molar-refractivity contribution in [3.63, 3.8) is 0 Å². The Labute approximate surface area is 242 Å². The fourth-order valence-electron chi connectivity index (χ4n) is 6.05. The first-order valence-electron chi connectivity index (χ1n) is 14.3. The Hall–Kier alpha value is -3.94. The van der Waals surface area contributed by atoms with Gasteiger partial charge in [-0.15, -0.1) is 0 Å². The van der Waals surface area contributed by atoms with Gasteiger partial charge in [0.05, 0.1) is 20.4 Å². The minimum absolute atomic E-state index is 0.0331.